The number of phenols is 6. The second-order valence-electron chi connectivity index (χ2n) is 15.6. The van der Waals surface area contributed by atoms with Crippen molar-refractivity contribution >= 4 is 69.1 Å². The quantitative estimate of drug-likeness (QED) is 0.0200. The topological polar surface area (TPSA) is 263 Å². The zero-order valence-electron chi connectivity index (χ0n) is 42.2. The van der Waals surface area contributed by atoms with Gasteiger partial charge in [0.05, 0.1) is 28.4 Å². The number of aromatic hydroxyl groups is 6. The molecule has 0 saturated carbocycles. The van der Waals surface area contributed by atoms with Gasteiger partial charge in [-0.2, -0.15) is 0 Å². The van der Waals surface area contributed by atoms with Gasteiger partial charge >= 0.3 is 23.9 Å². The van der Waals surface area contributed by atoms with Crippen LogP contribution in [0.4, 0.5) is 0 Å². The molecule has 4 rings (SSSR count). The second-order valence-corrected chi connectivity index (χ2v) is 17.8. The Hall–Kier alpha value is -6.82. The molecular formula is C52H62I2O18. The van der Waals surface area contributed by atoms with E-state index in [-0.39, 0.29) is 58.9 Å². The minimum Gasteiger partial charge on any atom is -0.508 e. The van der Waals surface area contributed by atoms with Crippen LogP contribution in [0.2, 0.25) is 0 Å². The lowest BCUT2D eigenvalue weighted by Gasteiger charge is -2.18. The van der Waals surface area contributed by atoms with Crippen molar-refractivity contribution in [1.82, 2.24) is 0 Å². The van der Waals surface area contributed by atoms with Gasteiger partial charge in [-0.25, -0.2) is 19.2 Å². The molecule has 0 spiro atoms. The largest absolute Gasteiger partial charge is 0.508 e. The summed E-state index contributed by atoms with van der Waals surface area (Å²) in [5, 5.41) is 57.7. The van der Waals surface area contributed by atoms with Crippen LogP contribution in [-0.4, -0.2) is 83.0 Å². The lowest BCUT2D eigenvalue weighted by atomic mass is 10.1. The van der Waals surface area contributed by atoms with Gasteiger partial charge in [0.1, 0.15) is 67.1 Å². The molecule has 0 amide bonds. The first-order valence-electron chi connectivity index (χ1n) is 21.2. The Morgan fingerprint density at radius 1 is 0.514 bits per heavy atom. The summed E-state index contributed by atoms with van der Waals surface area (Å²) in [4.78, 5) is 45.4. The van der Waals surface area contributed by atoms with E-state index in [0.29, 0.717) is 74.7 Å². The Kier molecular flexibility index (Phi) is 25.9. The van der Waals surface area contributed by atoms with Gasteiger partial charge in [-0.05, 0) is 148 Å². The van der Waals surface area contributed by atoms with Crippen molar-refractivity contribution in [3.8, 4) is 57.5 Å². The van der Waals surface area contributed by atoms with E-state index in [1.165, 1.54) is 47.5 Å². The first-order valence-corrected chi connectivity index (χ1v) is 23.3. The summed E-state index contributed by atoms with van der Waals surface area (Å²) in [5.74, 6) is -1.01. The predicted molar refractivity (Wildman–Crippen MR) is 285 cm³/mol. The Labute approximate surface area is 446 Å². The molecule has 72 heavy (non-hydrogen) atoms. The minimum atomic E-state index is -0.640. The molecule has 6 N–H and O–H groups in total. The highest BCUT2D eigenvalue weighted by Gasteiger charge is 2.23. The fourth-order valence-electron chi connectivity index (χ4n) is 5.48. The fourth-order valence-corrected chi connectivity index (χ4v) is 7.13. The molecule has 0 aliphatic carbocycles. The molecule has 392 valence electrons. The number of ether oxygens (including phenoxy) is 8. The maximum atomic E-state index is 11.5. The lowest BCUT2D eigenvalue weighted by molar-refractivity contribution is -0.144. The number of hydrogen-bond donors (Lipinski definition) is 6. The van der Waals surface area contributed by atoms with Crippen molar-refractivity contribution in [3.05, 3.63) is 126 Å². The van der Waals surface area contributed by atoms with Crippen molar-refractivity contribution in [2.45, 2.75) is 80.8 Å². The standard InChI is InChI=1S/C14H18O4.C13H15IO5.C13H16O4.C12H13IO5/c1-8(2)14(16)18-10(4)11-6-12(15)9(3)13(7-11)17-5;1-6(2)13(17)19-7(3)8-5-9(15)11(16)10(14)12(8)18-4;1-8(2)13(15)17-7-10-5-11(14)9(3)12(6-10)16-4;1-6(2)12(16)18-5-7-4-8(14)10(15)9(13)11(7)17-3/h6-7,10,15H,1H2,2-5H3;5,7,15-16H,1H2,2-4H3;5-6,14H,1,7H2,2-4H3;4,14-15H,1,5H2,2-3H3. The zero-order chi connectivity index (χ0) is 55.5. The van der Waals surface area contributed by atoms with Crippen molar-refractivity contribution < 1.29 is 87.7 Å². The third kappa shape index (κ3) is 18.4. The number of esters is 4. The average molecular weight is 1230 g/mol. The van der Waals surface area contributed by atoms with Crippen molar-refractivity contribution in [1.29, 1.82) is 0 Å². The molecule has 18 nitrogen and oxygen atoms in total. The molecule has 0 saturated heterocycles. The van der Waals surface area contributed by atoms with Crippen LogP contribution in [0.15, 0.2) is 85.0 Å². The van der Waals surface area contributed by atoms with Gasteiger partial charge in [0.2, 0.25) is 0 Å². The highest BCUT2D eigenvalue weighted by atomic mass is 127. The second kappa shape index (κ2) is 29.5. The van der Waals surface area contributed by atoms with Crippen LogP contribution in [0.3, 0.4) is 0 Å². The van der Waals surface area contributed by atoms with Crippen molar-refractivity contribution in [2.75, 3.05) is 28.4 Å². The van der Waals surface area contributed by atoms with Crippen LogP contribution < -0.4 is 18.9 Å². The molecule has 4 aromatic carbocycles. The number of benzene rings is 4. The summed E-state index contributed by atoms with van der Waals surface area (Å²) >= 11 is 3.68. The SMILES string of the molecule is C=C(C)C(=O)OC(C)c1cc(O)c(C)c(OC)c1.C=C(C)C(=O)OC(C)c1cc(O)c(O)c(I)c1OC.C=C(C)C(=O)OCc1cc(O)c(C)c(OC)c1.C=C(C)C(=O)OCc1cc(O)c(O)c(I)c1OC. The Morgan fingerprint density at radius 2 is 0.917 bits per heavy atom. The molecule has 0 aliphatic rings. The summed E-state index contributed by atoms with van der Waals surface area (Å²) in [6, 6.07) is 9.18. The van der Waals surface area contributed by atoms with Crippen LogP contribution in [-0.2, 0) is 51.3 Å². The van der Waals surface area contributed by atoms with Crippen LogP contribution in [0.1, 0.15) is 87.1 Å². The van der Waals surface area contributed by atoms with Crippen molar-refractivity contribution in [2.24, 2.45) is 0 Å². The van der Waals surface area contributed by atoms with E-state index >= 15 is 0 Å². The molecule has 2 atom stereocenters. The van der Waals surface area contributed by atoms with Gasteiger partial charge in [0, 0.05) is 44.5 Å². The van der Waals surface area contributed by atoms with Gasteiger partial charge in [0.25, 0.3) is 0 Å². The first-order chi connectivity index (χ1) is 33.5. The number of hydrogen-bond acceptors (Lipinski definition) is 18. The third-order valence-electron chi connectivity index (χ3n) is 9.65. The fraction of sp³-hybridized carbons (Fsp3) is 0.308. The highest BCUT2D eigenvalue weighted by molar-refractivity contribution is 14.1. The molecule has 2 unspecified atom stereocenters. The number of methoxy groups -OCH3 is 4. The molecule has 0 aliphatic heterocycles. The summed E-state index contributed by atoms with van der Waals surface area (Å²) in [5.41, 5.74) is 4.82. The number of rotatable bonds is 16. The Bertz CT molecular complexity index is 2670. The smallest absolute Gasteiger partial charge is 0.333 e. The number of phenolic OH excluding ortho intramolecular Hbond substituents is 6. The third-order valence-corrected chi connectivity index (χ3v) is 11.7. The summed E-state index contributed by atoms with van der Waals surface area (Å²) in [7, 11) is 5.91. The molecular weight excluding hydrogens is 1170 g/mol. The van der Waals surface area contributed by atoms with E-state index in [2.05, 4.69) is 26.3 Å². The average Bonchev–Trinajstić information content (AvgIpc) is 3.32. The van der Waals surface area contributed by atoms with Crippen LogP contribution in [0.5, 0.6) is 57.5 Å². The number of carbonyl (C=O) groups is 4. The van der Waals surface area contributed by atoms with E-state index in [0.717, 1.165) is 0 Å². The van der Waals surface area contributed by atoms with Crippen LogP contribution in [0.25, 0.3) is 0 Å². The molecule has 0 radical (unpaired) electrons. The molecule has 20 heteroatoms. The maximum Gasteiger partial charge on any atom is 0.333 e. The summed E-state index contributed by atoms with van der Waals surface area (Å²) in [6.07, 6.45) is -1.12. The molecule has 0 fully saturated rings. The molecule has 0 aromatic heterocycles. The summed E-state index contributed by atoms with van der Waals surface area (Å²) in [6.45, 7) is 27.1. The lowest BCUT2D eigenvalue weighted by Crippen LogP contribution is -2.10. The molecule has 4 aromatic rings. The molecule has 0 heterocycles. The Balaban J connectivity index is 0.000000480. The zero-order valence-corrected chi connectivity index (χ0v) is 46.5. The predicted octanol–water partition coefficient (Wildman–Crippen LogP) is 10.4. The monoisotopic (exact) mass is 1230 g/mol. The number of carbonyl (C=O) groups excluding carboxylic acids is 4. The summed E-state index contributed by atoms with van der Waals surface area (Å²) < 4.78 is 41.6. The molecule has 0 bridgehead atoms. The van der Waals surface area contributed by atoms with E-state index in [1.54, 1.807) is 72.7 Å². The van der Waals surface area contributed by atoms with E-state index in [1.807, 2.05) is 45.2 Å². The van der Waals surface area contributed by atoms with Gasteiger partial charge in [-0.3, -0.25) is 0 Å². The van der Waals surface area contributed by atoms with E-state index < -0.39 is 36.1 Å². The maximum absolute atomic E-state index is 11.5. The number of halogens is 2. The first kappa shape index (κ1) is 63.2. The van der Waals surface area contributed by atoms with Crippen molar-refractivity contribution in [3.63, 3.8) is 0 Å². The van der Waals surface area contributed by atoms with Gasteiger partial charge in [-0.15, -0.1) is 0 Å². The minimum absolute atomic E-state index is 0.0707. The Morgan fingerprint density at radius 3 is 1.36 bits per heavy atom. The highest BCUT2D eigenvalue weighted by Crippen LogP contribution is 2.43. The van der Waals surface area contributed by atoms with Crippen LogP contribution in [0, 0.1) is 21.0 Å². The van der Waals surface area contributed by atoms with Gasteiger partial charge in [0.15, 0.2) is 23.0 Å². The van der Waals surface area contributed by atoms with Crippen LogP contribution >= 0.6 is 45.2 Å². The normalized spacial score (nSPS) is 10.9. The van der Waals surface area contributed by atoms with Gasteiger partial charge < -0.3 is 68.5 Å². The van der Waals surface area contributed by atoms with E-state index in [4.69, 9.17) is 37.9 Å². The van der Waals surface area contributed by atoms with Gasteiger partial charge in [-0.1, -0.05) is 26.3 Å². The van der Waals surface area contributed by atoms with E-state index in [9.17, 15) is 49.8 Å².